The minimum atomic E-state index is -0.330. The van der Waals surface area contributed by atoms with Crippen molar-refractivity contribution < 1.29 is 4.39 Å². The predicted molar refractivity (Wildman–Crippen MR) is 66.3 cm³/mol. The van der Waals surface area contributed by atoms with Crippen molar-refractivity contribution in [3.8, 4) is 0 Å². The van der Waals surface area contributed by atoms with Crippen molar-refractivity contribution in [1.29, 1.82) is 0 Å². The summed E-state index contributed by atoms with van der Waals surface area (Å²) in [6, 6.07) is 6.45. The fourth-order valence-electron chi connectivity index (χ4n) is 1.34. The van der Waals surface area contributed by atoms with E-state index in [2.05, 4.69) is 31.4 Å². The summed E-state index contributed by atoms with van der Waals surface area (Å²) < 4.78 is 13.7. The summed E-state index contributed by atoms with van der Waals surface area (Å²) in [5.41, 5.74) is 0.722. The van der Waals surface area contributed by atoms with E-state index in [0.717, 1.165) is 0 Å². The fourth-order valence-corrected chi connectivity index (χ4v) is 1.67. The number of hydrogen-bond acceptors (Lipinski definition) is 3. The molecule has 0 aliphatic rings. The molecule has 0 radical (unpaired) electrons. The van der Waals surface area contributed by atoms with Crippen molar-refractivity contribution in [2.45, 2.75) is 6.54 Å². The van der Waals surface area contributed by atoms with E-state index in [-0.39, 0.29) is 17.9 Å². The first-order valence-electron chi connectivity index (χ1n) is 4.89. The lowest BCUT2D eigenvalue weighted by molar-refractivity contribution is 0.613. The molecule has 6 heteroatoms. The molecule has 0 atom stereocenters. The van der Waals surface area contributed by atoms with Crippen LogP contribution in [0.25, 0.3) is 0 Å². The molecule has 0 bridgehead atoms. The highest BCUT2D eigenvalue weighted by molar-refractivity contribution is 9.10. The zero-order chi connectivity index (χ0) is 12.3. The van der Waals surface area contributed by atoms with Crippen LogP contribution >= 0.6 is 15.9 Å². The number of H-pyrrole nitrogens is 1. The normalized spacial score (nSPS) is 10.2. The molecule has 1 heterocycles. The third-order valence-electron chi connectivity index (χ3n) is 2.22. The fraction of sp³-hybridized carbons (Fsp3) is 0.0909. The Hall–Kier alpha value is -1.69. The van der Waals surface area contributed by atoms with Crippen LogP contribution < -0.4 is 10.9 Å². The number of hydrogen-bond donors (Lipinski definition) is 2. The number of nitrogens with one attached hydrogen (secondary N) is 2. The monoisotopic (exact) mass is 297 g/mol. The molecule has 0 amide bonds. The van der Waals surface area contributed by atoms with E-state index < -0.39 is 0 Å². The second-order valence-electron chi connectivity index (χ2n) is 3.37. The Morgan fingerprint density at radius 3 is 2.94 bits per heavy atom. The van der Waals surface area contributed by atoms with Gasteiger partial charge in [0.25, 0.3) is 5.56 Å². The van der Waals surface area contributed by atoms with Crippen LogP contribution in [0.4, 0.5) is 10.1 Å². The minimum Gasteiger partial charge on any atom is -0.378 e. The largest absolute Gasteiger partial charge is 0.378 e. The minimum absolute atomic E-state index is 0.283. The first-order valence-corrected chi connectivity index (χ1v) is 5.68. The van der Waals surface area contributed by atoms with Gasteiger partial charge in [-0.25, -0.2) is 9.49 Å². The number of nitrogens with zero attached hydrogens (tertiary/aromatic N) is 1. The van der Waals surface area contributed by atoms with Gasteiger partial charge in [0, 0.05) is 12.1 Å². The summed E-state index contributed by atoms with van der Waals surface area (Å²) in [5, 5.41) is 8.88. The highest BCUT2D eigenvalue weighted by atomic mass is 79.9. The summed E-state index contributed by atoms with van der Waals surface area (Å²) in [4.78, 5) is 11.2. The predicted octanol–water partition coefficient (Wildman–Crippen LogP) is 2.28. The zero-order valence-corrected chi connectivity index (χ0v) is 10.3. The van der Waals surface area contributed by atoms with Gasteiger partial charge in [-0.15, -0.1) is 0 Å². The van der Waals surface area contributed by atoms with Crippen molar-refractivity contribution in [2.24, 2.45) is 0 Å². The molecule has 2 N–H and O–H groups in total. The summed E-state index contributed by atoms with van der Waals surface area (Å²) >= 11 is 3.13. The quantitative estimate of drug-likeness (QED) is 0.914. The molecule has 0 unspecified atom stereocenters. The van der Waals surface area contributed by atoms with Gasteiger partial charge in [-0.1, -0.05) is 18.2 Å². The van der Waals surface area contributed by atoms with Crippen LogP contribution in [-0.4, -0.2) is 10.2 Å². The maximum absolute atomic E-state index is 13.3. The lowest BCUT2D eigenvalue weighted by atomic mass is 10.2. The molecule has 0 aliphatic carbocycles. The lowest BCUT2D eigenvalue weighted by Gasteiger charge is -2.07. The van der Waals surface area contributed by atoms with Crippen LogP contribution in [0.15, 0.2) is 39.7 Å². The van der Waals surface area contributed by atoms with E-state index >= 15 is 0 Å². The summed E-state index contributed by atoms with van der Waals surface area (Å²) in [7, 11) is 0. The van der Waals surface area contributed by atoms with Crippen LogP contribution in [0.5, 0.6) is 0 Å². The Morgan fingerprint density at radius 2 is 2.18 bits per heavy atom. The number of anilines is 1. The van der Waals surface area contributed by atoms with Crippen molar-refractivity contribution in [2.75, 3.05) is 5.32 Å². The van der Waals surface area contributed by atoms with Gasteiger partial charge in [-0.2, -0.15) is 5.10 Å². The third kappa shape index (κ3) is 2.71. The van der Waals surface area contributed by atoms with Crippen molar-refractivity contribution in [1.82, 2.24) is 10.2 Å². The van der Waals surface area contributed by atoms with E-state index in [4.69, 9.17) is 0 Å². The second-order valence-corrected chi connectivity index (χ2v) is 4.16. The van der Waals surface area contributed by atoms with Gasteiger partial charge >= 0.3 is 0 Å². The molecule has 1 aromatic carbocycles. The van der Waals surface area contributed by atoms with Crippen LogP contribution in [0.3, 0.4) is 0 Å². The molecule has 0 saturated carbocycles. The van der Waals surface area contributed by atoms with E-state index in [1.165, 1.54) is 12.3 Å². The Balaban J connectivity index is 2.16. The number of benzene rings is 1. The highest BCUT2D eigenvalue weighted by Crippen LogP contribution is 2.17. The lowest BCUT2D eigenvalue weighted by Crippen LogP contribution is -2.12. The highest BCUT2D eigenvalue weighted by Gasteiger charge is 2.05. The molecule has 0 spiro atoms. The topological polar surface area (TPSA) is 57.8 Å². The van der Waals surface area contributed by atoms with Crippen molar-refractivity contribution in [3.63, 3.8) is 0 Å². The smallest absolute Gasteiger partial charge is 0.280 e. The van der Waals surface area contributed by atoms with Crippen LogP contribution in [0.1, 0.15) is 5.56 Å². The van der Waals surface area contributed by atoms with Gasteiger partial charge in [-0.3, -0.25) is 4.79 Å². The molecular weight excluding hydrogens is 289 g/mol. The van der Waals surface area contributed by atoms with Gasteiger partial charge < -0.3 is 5.32 Å². The maximum atomic E-state index is 13.3. The standard InChI is InChI=1S/C11H9BrFN3O/c12-10-9(6-15-16-11(10)17)14-5-7-3-1-2-4-8(7)13/h1-4,6H,5H2,(H2,14,16,17). The molecule has 2 aromatic rings. The summed E-state index contributed by atoms with van der Waals surface area (Å²) in [5.74, 6) is -0.283. The van der Waals surface area contributed by atoms with Gasteiger partial charge in [0.05, 0.1) is 11.9 Å². The Bertz CT molecular complexity index is 585. The second kappa shape index (κ2) is 5.09. The molecule has 0 saturated heterocycles. The summed E-state index contributed by atoms with van der Waals surface area (Å²) in [6.07, 6.45) is 1.46. The first kappa shape index (κ1) is 11.8. The average Bonchev–Trinajstić information content (AvgIpc) is 2.33. The molecule has 17 heavy (non-hydrogen) atoms. The van der Waals surface area contributed by atoms with Gasteiger partial charge in [0.2, 0.25) is 0 Å². The van der Waals surface area contributed by atoms with Gasteiger partial charge in [0.15, 0.2) is 0 Å². The van der Waals surface area contributed by atoms with E-state index in [9.17, 15) is 9.18 Å². The van der Waals surface area contributed by atoms with Gasteiger partial charge in [0.1, 0.15) is 10.3 Å². The molecule has 2 rings (SSSR count). The SMILES string of the molecule is O=c1[nH]ncc(NCc2ccccc2F)c1Br. The molecule has 1 aromatic heterocycles. The Morgan fingerprint density at radius 1 is 1.41 bits per heavy atom. The van der Waals surface area contributed by atoms with Crippen molar-refractivity contribution in [3.05, 3.63) is 56.7 Å². The number of rotatable bonds is 3. The molecule has 0 aliphatic heterocycles. The maximum Gasteiger partial charge on any atom is 0.280 e. The Labute approximate surface area is 105 Å². The third-order valence-corrected chi connectivity index (χ3v) is 3.01. The molecule has 88 valence electrons. The van der Waals surface area contributed by atoms with Gasteiger partial charge in [-0.05, 0) is 22.0 Å². The number of aromatic nitrogens is 2. The molecular formula is C11H9BrFN3O. The number of aromatic amines is 1. The first-order chi connectivity index (χ1) is 8.18. The molecule has 4 nitrogen and oxygen atoms in total. The average molecular weight is 298 g/mol. The van der Waals surface area contributed by atoms with Crippen LogP contribution in [0, 0.1) is 5.82 Å². The zero-order valence-electron chi connectivity index (χ0n) is 8.71. The van der Waals surface area contributed by atoms with Crippen LogP contribution in [-0.2, 0) is 6.54 Å². The Kier molecular flexibility index (Phi) is 3.53. The van der Waals surface area contributed by atoms with E-state index in [0.29, 0.717) is 15.7 Å². The van der Waals surface area contributed by atoms with Crippen molar-refractivity contribution >= 4 is 21.6 Å². The number of halogens is 2. The van der Waals surface area contributed by atoms with E-state index in [1.54, 1.807) is 18.2 Å². The molecule has 0 fully saturated rings. The van der Waals surface area contributed by atoms with E-state index in [1.807, 2.05) is 0 Å². The summed E-state index contributed by atoms with van der Waals surface area (Å²) in [6.45, 7) is 0.288. The van der Waals surface area contributed by atoms with Crippen LogP contribution in [0.2, 0.25) is 0 Å².